The summed E-state index contributed by atoms with van der Waals surface area (Å²) >= 11 is 12.2. The van der Waals surface area contributed by atoms with Gasteiger partial charge >= 0.3 is 0 Å². The Hall–Kier alpha value is -3.14. The number of hydrogen-bond donors (Lipinski definition) is 1. The minimum atomic E-state index is -4.23. The van der Waals surface area contributed by atoms with Crippen molar-refractivity contribution in [2.75, 3.05) is 10.8 Å². The number of rotatable bonds is 11. The van der Waals surface area contributed by atoms with Crippen LogP contribution in [0.1, 0.15) is 32.8 Å². The molecule has 0 aliphatic carbocycles. The lowest BCUT2D eigenvalue weighted by atomic mass is 10.1. The molecule has 0 unspecified atom stereocenters. The minimum absolute atomic E-state index is 0.0343. The van der Waals surface area contributed by atoms with E-state index in [2.05, 4.69) is 5.32 Å². The van der Waals surface area contributed by atoms with Gasteiger partial charge in [-0.05, 0) is 74.4 Å². The highest BCUT2D eigenvalue weighted by Gasteiger charge is 2.32. The molecule has 3 rings (SSSR count). The van der Waals surface area contributed by atoms with Crippen LogP contribution in [0.2, 0.25) is 10.0 Å². The molecule has 0 heterocycles. The number of sulfonamides is 1. The summed E-state index contributed by atoms with van der Waals surface area (Å²) in [7, 11) is -4.23. The van der Waals surface area contributed by atoms with E-state index < -0.39 is 40.2 Å². The Morgan fingerprint density at radius 1 is 0.949 bits per heavy atom. The highest BCUT2D eigenvalue weighted by atomic mass is 35.5. The number of carbonyl (C=O) groups is 2. The van der Waals surface area contributed by atoms with Crippen molar-refractivity contribution in [2.45, 2.75) is 50.7 Å². The first-order valence-corrected chi connectivity index (χ1v) is 14.5. The molecule has 39 heavy (non-hydrogen) atoms. The molecule has 0 bridgehead atoms. The lowest BCUT2D eigenvalue weighted by Gasteiger charge is -2.32. The van der Waals surface area contributed by atoms with Gasteiger partial charge in [0, 0.05) is 12.6 Å². The Morgan fingerprint density at radius 3 is 2.18 bits per heavy atom. The molecule has 1 N–H and O–H groups in total. The van der Waals surface area contributed by atoms with Crippen LogP contribution in [0.15, 0.2) is 77.7 Å². The Bertz CT molecular complexity index is 1410. The summed E-state index contributed by atoms with van der Waals surface area (Å²) in [6.07, 6.45) is 0.687. The second-order valence-corrected chi connectivity index (χ2v) is 11.7. The van der Waals surface area contributed by atoms with Crippen molar-refractivity contribution in [3.63, 3.8) is 0 Å². The fraction of sp³-hybridized carbons (Fsp3) is 0.286. The van der Waals surface area contributed by atoms with Gasteiger partial charge in [-0.3, -0.25) is 13.9 Å². The van der Waals surface area contributed by atoms with Gasteiger partial charge in [0.1, 0.15) is 18.4 Å². The maximum Gasteiger partial charge on any atom is 0.264 e. The minimum Gasteiger partial charge on any atom is -0.352 e. The molecule has 0 spiro atoms. The van der Waals surface area contributed by atoms with Gasteiger partial charge < -0.3 is 10.2 Å². The third kappa shape index (κ3) is 7.71. The summed E-state index contributed by atoms with van der Waals surface area (Å²) in [5, 5.41) is 3.47. The van der Waals surface area contributed by atoms with Crippen molar-refractivity contribution >= 4 is 50.7 Å². The van der Waals surface area contributed by atoms with Crippen molar-refractivity contribution < 1.29 is 22.4 Å². The molecule has 0 fully saturated rings. The van der Waals surface area contributed by atoms with Crippen LogP contribution in [0.4, 0.5) is 10.1 Å². The Labute approximate surface area is 238 Å². The Kier molecular flexibility index (Phi) is 10.4. The lowest BCUT2D eigenvalue weighted by Crippen LogP contribution is -2.52. The number of anilines is 1. The zero-order chi connectivity index (χ0) is 28.7. The average molecular weight is 595 g/mol. The lowest BCUT2D eigenvalue weighted by molar-refractivity contribution is -0.139. The van der Waals surface area contributed by atoms with E-state index in [1.165, 1.54) is 29.2 Å². The monoisotopic (exact) mass is 593 g/mol. The van der Waals surface area contributed by atoms with Crippen LogP contribution in [-0.2, 0) is 26.2 Å². The van der Waals surface area contributed by atoms with Crippen LogP contribution >= 0.6 is 23.2 Å². The van der Waals surface area contributed by atoms with E-state index in [0.717, 1.165) is 16.4 Å². The number of carbonyl (C=O) groups excluding carboxylic acids is 2. The zero-order valence-electron chi connectivity index (χ0n) is 21.8. The van der Waals surface area contributed by atoms with E-state index >= 15 is 0 Å². The number of amides is 2. The first-order valence-electron chi connectivity index (χ1n) is 12.3. The van der Waals surface area contributed by atoms with Crippen molar-refractivity contribution in [3.05, 3.63) is 94.2 Å². The molecular formula is C28H30Cl2FN3O4S. The molecule has 0 aliphatic heterocycles. The van der Waals surface area contributed by atoms with Crippen molar-refractivity contribution in [1.29, 1.82) is 0 Å². The topological polar surface area (TPSA) is 86.8 Å². The van der Waals surface area contributed by atoms with E-state index in [1.54, 1.807) is 43.3 Å². The zero-order valence-corrected chi connectivity index (χ0v) is 24.1. The highest BCUT2D eigenvalue weighted by Crippen LogP contribution is 2.26. The van der Waals surface area contributed by atoms with E-state index in [0.29, 0.717) is 17.0 Å². The summed E-state index contributed by atoms with van der Waals surface area (Å²) < 4.78 is 41.9. The molecule has 2 amide bonds. The number of nitrogens with zero attached hydrogens (tertiary/aromatic N) is 2. The number of hydrogen-bond acceptors (Lipinski definition) is 4. The molecule has 208 valence electrons. The maximum absolute atomic E-state index is 13.8. The smallest absolute Gasteiger partial charge is 0.264 e. The fourth-order valence-corrected chi connectivity index (χ4v) is 5.49. The number of nitrogens with one attached hydrogen (secondary N) is 1. The van der Waals surface area contributed by atoms with Crippen molar-refractivity contribution in [3.8, 4) is 0 Å². The van der Waals surface area contributed by atoms with Crippen LogP contribution in [0.25, 0.3) is 0 Å². The standard InChI is InChI=1S/C28H30Cl2FN3O4S/c1-4-19(2)32-28(36)20(3)33(17-21-10-15-25(29)26(30)16-21)27(35)18-34(23-13-11-22(31)12-14-23)39(37,38)24-8-6-5-7-9-24/h5-16,19-20H,4,17-18H2,1-3H3,(H,32,36)/t19-,20+/m1/s1. The van der Waals surface area contributed by atoms with Crippen LogP contribution in [0, 0.1) is 5.82 Å². The van der Waals surface area contributed by atoms with Gasteiger partial charge in [0.25, 0.3) is 10.0 Å². The molecule has 3 aromatic rings. The number of benzene rings is 3. The van der Waals surface area contributed by atoms with Gasteiger partial charge in [0.2, 0.25) is 11.8 Å². The van der Waals surface area contributed by atoms with Gasteiger partial charge in [-0.25, -0.2) is 12.8 Å². The number of halogens is 3. The fourth-order valence-electron chi connectivity index (χ4n) is 3.74. The molecule has 0 radical (unpaired) electrons. The molecular weight excluding hydrogens is 564 g/mol. The van der Waals surface area contributed by atoms with E-state index in [-0.39, 0.29) is 28.2 Å². The van der Waals surface area contributed by atoms with Gasteiger partial charge in [-0.2, -0.15) is 0 Å². The molecule has 2 atom stereocenters. The largest absolute Gasteiger partial charge is 0.352 e. The molecule has 0 aromatic heterocycles. The quantitative estimate of drug-likeness (QED) is 0.311. The van der Waals surface area contributed by atoms with E-state index in [1.807, 2.05) is 13.8 Å². The average Bonchev–Trinajstić information content (AvgIpc) is 2.92. The molecule has 0 saturated heterocycles. The summed E-state index contributed by atoms with van der Waals surface area (Å²) in [6.45, 7) is 4.67. The molecule has 3 aromatic carbocycles. The third-order valence-corrected chi connectivity index (χ3v) is 8.76. The van der Waals surface area contributed by atoms with E-state index in [4.69, 9.17) is 23.2 Å². The van der Waals surface area contributed by atoms with E-state index in [9.17, 15) is 22.4 Å². The third-order valence-electron chi connectivity index (χ3n) is 6.23. The van der Waals surface area contributed by atoms with Crippen molar-refractivity contribution in [1.82, 2.24) is 10.2 Å². The molecule has 7 nitrogen and oxygen atoms in total. The van der Waals surface area contributed by atoms with Crippen LogP contribution in [0.5, 0.6) is 0 Å². The van der Waals surface area contributed by atoms with Gasteiger partial charge in [-0.1, -0.05) is 54.4 Å². The summed E-state index contributed by atoms with van der Waals surface area (Å²) in [4.78, 5) is 28.1. The van der Waals surface area contributed by atoms with Crippen LogP contribution < -0.4 is 9.62 Å². The SMILES string of the molecule is CC[C@@H](C)NC(=O)[C@H](C)N(Cc1ccc(Cl)c(Cl)c1)C(=O)CN(c1ccc(F)cc1)S(=O)(=O)c1ccccc1. The molecule has 0 aliphatic rings. The normalized spacial score (nSPS) is 12.9. The first kappa shape index (κ1) is 30.4. The predicted octanol–water partition coefficient (Wildman–Crippen LogP) is 5.66. The second kappa shape index (κ2) is 13.3. The van der Waals surface area contributed by atoms with Gasteiger partial charge in [0.15, 0.2) is 0 Å². The van der Waals surface area contributed by atoms with Gasteiger partial charge in [0.05, 0.1) is 20.6 Å². The summed E-state index contributed by atoms with van der Waals surface area (Å²) in [5.41, 5.74) is 0.694. The van der Waals surface area contributed by atoms with Gasteiger partial charge in [-0.15, -0.1) is 0 Å². The Morgan fingerprint density at radius 2 is 1.59 bits per heavy atom. The molecule has 0 saturated carbocycles. The van der Waals surface area contributed by atoms with Crippen molar-refractivity contribution in [2.24, 2.45) is 0 Å². The summed E-state index contributed by atoms with van der Waals surface area (Å²) in [6, 6.07) is 16.2. The first-order chi connectivity index (χ1) is 18.4. The maximum atomic E-state index is 13.8. The molecule has 11 heteroatoms. The van der Waals surface area contributed by atoms with Crippen LogP contribution in [0.3, 0.4) is 0 Å². The highest BCUT2D eigenvalue weighted by molar-refractivity contribution is 7.92. The second-order valence-electron chi connectivity index (χ2n) is 9.07. The van der Waals surface area contributed by atoms with Crippen LogP contribution in [-0.4, -0.2) is 43.8 Å². The Balaban J connectivity index is 2.02. The summed E-state index contributed by atoms with van der Waals surface area (Å²) in [5.74, 6) is -1.59. The predicted molar refractivity (Wildman–Crippen MR) is 152 cm³/mol.